The number of nitrogens with one attached hydrogen (secondary N) is 1. The summed E-state index contributed by atoms with van der Waals surface area (Å²) in [7, 11) is 0. The Kier molecular flexibility index (Phi) is 6.16. The van der Waals surface area contributed by atoms with E-state index in [2.05, 4.69) is 16.1 Å². The summed E-state index contributed by atoms with van der Waals surface area (Å²) in [5.74, 6) is -0.971. The second-order valence-corrected chi connectivity index (χ2v) is 3.03. The molecule has 1 amide bonds. The van der Waals surface area contributed by atoms with E-state index in [1.165, 1.54) is 0 Å². The van der Waals surface area contributed by atoms with Gasteiger partial charge in [-0.3, -0.25) is 9.14 Å². The zero-order chi connectivity index (χ0) is 11.3. The van der Waals surface area contributed by atoms with Crippen LogP contribution in [0.2, 0.25) is 0 Å². The van der Waals surface area contributed by atoms with Crippen molar-refractivity contribution in [2.75, 3.05) is 6.61 Å². The molecule has 0 radical (unpaired) electrons. The summed E-state index contributed by atoms with van der Waals surface area (Å²) < 4.78 is 1.87. The average molecular weight is 274 g/mol. The highest BCUT2D eigenvalue weighted by molar-refractivity contribution is 9.08. The number of amides is 1. The van der Waals surface area contributed by atoms with Crippen LogP contribution in [0, 0.1) is 0 Å². The minimum absolute atomic E-state index is 0.791. The maximum atomic E-state index is 10.7. The predicted molar refractivity (Wildman–Crippen MR) is 48.2 cm³/mol. The van der Waals surface area contributed by atoms with Crippen LogP contribution >= 0.6 is 16.1 Å². The summed E-state index contributed by atoms with van der Waals surface area (Å²) in [4.78, 5) is 10.7. The third-order valence-corrected chi connectivity index (χ3v) is 2.01. The number of aliphatic hydroxyl groups excluding tert-OH is 5. The quantitative estimate of drug-likeness (QED) is 0.294. The molecule has 0 fully saturated rings. The molecule has 0 aromatic carbocycles. The van der Waals surface area contributed by atoms with E-state index in [1.54, 1.807) is 0 Å². The van der Waals surface area contributed by atoms with Gasteiger partial charge in [0.05, 0.1) is 6.61 Å². The Morgan fingerprint density at radius 1 is 1.21 bits per heavy atom. The summed E-state index contributed by atoms with van der Waals surface area (Å²) in [6, 6.07) is 0. The SMILES string of the molecule is O=C(NBr)[C@H](O)[C@@H](O)[C@H](O)[C@H](O)CO. The van der Waals surface area contributed by atoms with Crippen molar-refractivity contribution in [3.63, 3.8) is 0 Å². The van der Waals surface area contributed by atoms with E-state index >= 15 is 0 Å². The van der Waals surface area contributed by atoms with Crippen molar-refractivity contribution in [1.29, 1.82) is 0 Å². The fourth-order valence-electron chi connectivity index (χ4n) is 0.733. The molecule has 0 saturated carbocycles. The molecule has 0 saturated heterocycles. The fourth-order valence-corrected chi connectivity index (χ4v) is 0.968. The molecule has 84 valence electrons. The summed E-state index contributed by atoms with van der Waals surface area (Å²) in [5, 5.41) is 44.6. The summed E-state index contributed by atoms with van der Waals surface area (Å²) in [6.07, 6.45) is -7.21. The van der Waals surface area contributed by atoms with Crippen molar-refractivity contribution < 1.29 is 30.3 Å². The molecule has 0 bridgehead atoms. The van der Waals surface area contributed by atoms with E-state index < -0.39 is 36.9 Å². The monoisotopic (exact) mass is 273 g/mol. The van der Waals surface area contributed by atoms with Crippen molar-refractivity contribution in [1.82, 2.24) is 4.34 Å². The molecule has 0 rings (SSSR count). The normalized spacial score (nSPS) is 19.6. The molecule has 0 unspecified atom stereocenters. The van der Waals surface area contributed by atoms with Crippen LogP contribution in [0.4, 0.5) is 0 Å². The minimum atomic E-state index is -1.90. The molecule has 0 aromatic rings. The van der Waals surface area contributed by atoms with Crippen molar-refractivity contribution in [3.8, 4) is 0 Å². The fraction of sp³-hybridized carbons (Fsp3) is 0.833. The van der Waals surface area contributed by atoms with E-state index in [1.807, 2.05) is 4.34 Å². The Balaban J connectivity index is 4.30. The molecule has 8 heteroatoms. The molecule has 0 aromatic heterocycles. The molecule has 14 heavy (non-hydrogen) atoms. The molecule has 6 N–H and O–H groups in total. The van der Waals surface area contributed by atoms with Gasteiger partial charge in [0.1, 0.15) is 18.3 Å². The Morgan fingerprint density at radius 3 is 2.07 bits per heavy atom. The summed E-state index contributed by atoms with van der Waals surface area (Å²) >= 11 is 2.52. The van der Waals surface area contributed by atoms with E-state index in [-0.39, 0.29) is 0 Å². The van der Waals surface area contributed by atoms with Gasteiger partial charge in [-0.05, 0) is 0 Å². The summed E-state index contributed by atoms with van der Waals surface area (Å²) in [6.45, 7) is -0.791. The molecular formula is C6H12BrNO6. The van der Waals surface area contributed by atoms with E-state index in [0.29, 0.717) is 0 Å². The zero-order valence-corrected chi connectivity index (χ0v) is 8.62. The van der Waals surface area contributed by atoms with Gasteiger partial charge in [0.15, 0.2) is 6.10 Å². The second kappa shape index (κ2) is 6.27. The number of aliphatic hydroxyl groups is 5. The Morgan fingerprint density at radius 2 is 1.71 bits per heavy atom. The molecule has 4 atom stereocenters. The van der Waals surface area contributed by atoms with Crippen LogP contribution in [-0.4, -0.2) is 62.5 Å². The van der Waals surface area contributed by atoms with Gasteiger partial charge in [0.25, 0.3) is 5.91 Å². The van der Waals surface area contributed by atoms with Gasteiger partial charge < -0.3 is 25.5 Å². The highest BCUT2D eigenvalue weighted by Gasteiger charge is 2.33. The zero-order valence-electron chi connectivity index (χ0n) is 7.04. The van der Waals surface area contributed by atoms with E-state index in [4.69, 9.17) is 25.5 Å². The Bertz CT molecular complexity index is 191. The molecule has 0 aliphatic carbocycles. The third-order valence-electron chi connectivity index (χ3n) is 1.62. The van der Waals surface area contributed by atoms with Crippen LogP contribution in [0.25, 0.3) is 0 Å². The van der Waals surface area contributed by atoms with E-state index in [0.717, 1.165) is 0 Å². The number of carbonyl (C=O) groups is 1. The standard InChI is InChI=1S/C6H12BrNO6/c7-8-6(14)5(13)4(12)3(11)2(10)1-9/h2-5,9-13H,1H2,(H,8,14)/t2-,3-,4+,5-/m1/s1. The van der Waals surface area contributed by atoms with Crippen molar-refractivity contribution in [3.05, 3.63) is 0 Å². The summed E-state index contributed by atoms with van der Waals surface area (Å²) in [5.41, 5.74) is 0. The largest absolute Gasteiger partial charge is 0.394 e. The van der Waals surface area contributed by atoms with Crippen LogP contribution in [0.3, 0.4) is 0 Å². The lowest BCUT2D eigenvalue weighted by Crippen LogP contribution is -2.50. The Labute approximate surface area is 88.3 Å². The Hall–Kier alpha value is -0.250. The van der Waals surface area contributed by atoms with Crippen LogP contribution < -0.4 is 4.34 Å². The predicted octanol–water partition coefficient (Wildman–Crippen LogP) is -3.15. The van der Waals surface area contributed by atoms with Gasteiger partial charge in [-0.2, -0.15) is 0 Å². The maximum absolute atomic E-state index is 10.7. The van der Waals surface area contributed by atoms with Gasteiger partial charge >= 0.3 is 0 Å². The maximum Gasteiger partial charge on any atom is 0.261 e. The highest BCUT2D eigenvalue weighted by atomic mass is 79.9. The van der Waals surface area contributed by atoms with Gasteiger partial charge in [-0.25, -0.2) is 0 Å². The molecule has 0 aliphatic heterocycles. The van der Waals surface area contributed by atoms with Crippen LogP contribution in [-0.2, 0) is 4.79 Å². The molecule has 0 spiro atoms. The van der Waals surface area contributed by atoms with Crippen molar-refractivity contribution in [2.45, 2.75) is 24.4 Å². The second-order valence-electron chi connectivity index (χ2n) is 2.63. The highest BCUT2D eigenvalue weighted by Crippen LogP contribution is 2.05. The van der Waals surface area contributed by atoms with E-state index in [9.17, 15) is 4.79 Å². The van der Waals surface area contributed by atoms with Gasteiger partial charge in [0, 0.05) is 16.1 Å². The van der Waals surface area contributed by atoms with Gasteiger partial charge in [-0.15, -0.1) is 0 Å². The van der Waals surface area contributed by atoms with Crippen LogP contribution in [0.5, 0.6) is 0 Å². The topological polar surface area (TPSA) is 130 Å². The lowest BCUT2D eigenvalue weighted by Gasteiger charge is -2.24. The third kappa shape index (κ3) is 3.48. The number of carbonyl (C=O) groups excluding carboxylic acids is 1. The first kappa shape index (κ1) is 13.8. The van der Waals surface area contributed by atoms with Crippen molar-refractivity contribution >= 4 is 22.1 Å². The van der Waals surface area contributed by atoms with Crippen LogP contribution in [0.1, 0.15) is 0 Å². The first-order chi connectivity index (χ1) is 6.45. The number of halogens is 1. The van der Waals surface area contributed by atoms with Gasteiger partial charge in [0.2, 0.25) is 0 Å². The van der Waals surface area contributed by atoms with Gasteiger partial charge in [-0.1, -0.05) is 0 Å². The molecule has 7 nitrogen and oxygen atoms in total. The smallest absolute Gasteiger partial charge is 0.261 e. The molecule has 0 aliphatic rings. The number of hydrogen-bond donors (Lipinski definition) is 6. The van der Waals surface area contributed by atoms with Crippen molar-refractivity contribution in [2.24, 2.45) is 0 Å². The lowest BCUT2D eigenvalue weighted by molar-refractivity contribution is -0.147. The lowest BCUT2D eigenvalue weighted by atomic mass is 10.0. The number of rotatable bonds is 5. The first-order valence-electron chi connectivity index (χ1n) is 3.69. The first-order valence-corrected chi connectivity index (χ1v) is 4.48. The average Bonchev–Trinajstić information content (AvgIpc) is 2.23. The number of hydrogen-bond acceptors (Lipinski definition) is 6. The molecular weight excluding hydrogens is 262 g/mol. The minimum Gasteiger partial charge on any atom is -0.394 e. The molecule has 0 heterocycles. The van der Waals surface area contributed by atoms with Crippen LogP contribution in [0.15, 0.2) is 0 Å².